The van der Waals surface area contributed by atoms with Gasteiger partial charge >= 0.3 is 0 Å². The number of hydrogen-bond acceptors (Lipinski definition) is 4. The van der Waals surface area contributed by atoms with Crippen LogP contribution in [0.1, 0.15) is 73.3 Å². The second kappa shape index (κ2) is 7.62. The predicted molar refractivity (Wildman–Crippen MR) is 109 cm³/mol. The van der Waals surface area contributed by atoms with Gasteiger partial charge < -0.3 is 11.3 Å². The van der Waals surface area contributed by atoms with E-state index in [4.69, 9.17) is 0 Å². The summed E-state index contributed by atoms with van der Waals surface area (Å²) in [4.78, 5) is 55.1. The van der Waals surface area contributed by atoms with E-state index in [9.17, 15) is 19.2 Å². The molecule has 0 fully saturated rings. The molecule has 7 heteroatoms. The van der Waals surface area contributed by atoms with E-state index in [0.717, 1.165) is 0 Å². The number of benzene rings is 2. The van der Waals surface area contributed by atoms with E-state index in [1.54, 1.807) is 39.3 Å². The molecule has 30 heavy (non-hydrogen) atoms. The summed E-state index contributed by atoms with van der Waals surface area (Å²) in [7, 11) is 0. The molecule has 4 amide bonds. The summed E-state index contributed by atoms with van der Waals surface area (Å²) in [6, 6.07) is 3.37. The van der Waals surface area contributed by atoms with Crippen molar-refractivity contribution in [1.29, 1.82) is 0 Å². The topological polar surface area (TPSA) is 74.8 Å². The zero-order chi connectivity index (χ0) is 21.2. The van der Waals surface area contributed by atoms with Gasteiger partial charge in [-0.15, -0.1) is 0 Å². The number of aryl methyl sites for hydroxylation is 2. The Morgan fingerprint density at radius 3 is 1.67 bits per heavy atom. The molecule has 0 aromatic heterocycles. The largest absolute Gasteiger partial charge is 0.312 e. The molecule has 0 atom stereocenters. The molecule has 0 radical (unpaired) electrons. The normalized spacial score (nSPS) is 15.4. The summed E-state index contributed by atoms with van der Waals surface area (Å²) < 4.78 is 0. The van der Waals surface area contributed by atoms with Crippen molar-refractivity contribution in [3.05, 3.63) is 51.9 Å². The van der Waals surface area contributed by atoms with Gasteiger partial charge in [-0.05, 0) is 43.0 Å². The molecule has 2 heterocycles. The van der Waals surface area contributed by atoms with Crippen LogP contribution in [0.3, 0.4) is 0 Å². The van der Waals surface area contributed by atoms with E-state index in [1.165, 1.54) is 9.80 Å². The van der Waals surface area contributed by atoms with Gasteiger partial charge in [0.05, 0.1) is 11.1 Å². The van der Waals surface area contributed by atoms with Crippen LogP contribution in [0.4, 0.5) is 0 Å². The third kappa shape index (κ3) is 2.90. The van der Waals surface area contributed by atoms with Crippen molar-refractivity contribution in [3.63, 3.8) is 0 Å². The molecule has 2 aliphatic rings. The first-order valence-electron chi connectivity index (χ1n) is 9.80. The summed E-state index contributed by atoms with van der Waals surface area (Å²) in [6.45, 7) is 9.76. The van der Waals surface area contributed by atoms with E-state index in [1.807, 2.05) is 13.8 Å². The first-order chi connectivity index (χ1) is 13.7. The zero-order valence-electron chi connectivity index (χ0n) is 17.6. The third-order valence-corrected chi connectivity index (χ3v) is 5.58. The fraction of sp³-hybridized carbons (Fsp3) is 0.348. The molecule has 2 aliphatic heterocycles. The molecule has 0 spiro atoms. The SMILES string of the molecule is C[CH-]CN1C(=O)c2cc(C)c3c4c(cc(C)c(c24)C1=O)C(=O)N(CC(C)C)C3=O.[Ni]. The van der Waals surface area contributed by atoms with E-state index >= 15 is 0 Å². The van der Waals surface area contributed by atoms with Gasteiger partial charge in [-0.25, -0.2) is 0 Å². The van der Waals surface area contributed by atoms with E-state index in [-0.39, 0.29) is 46.7 Å². The summed E-state index contributed by atoms with van der Waals surface area (Å²) in [5, 5.41) is 0.881. The molecule has 4 rings (SSSR count). The van der Waals surface area contributed by atoms with Crippen molar-refractivity contribution in [1.82, 2.24) is 9.80 Å². The standard InChI is InChI=1S/C23H23N2O4.Ni/c1-6-7-24-20(26)14-8-13(5)17-19-15(9-12(4)16(18(14)19)22(24)28)21(27)25(23(17)29)10-11(2)3;/h6,8-9,11H,7,10H2,1-5H3;/q-1;. The van der Waals surface area contributed by atoms with Gasteiger partial charge in [-0.2, -0.15) is 6.92 Å². The number of amides is 4. The van der Waals surface area contributed by atoms with Gasteiger partial charge in [0.2, 0.25) is 0 Å². The molecule has 0 saturated carbocycles. The number of nitrogens with zero attached hydrogens (tertiary/aromatic N) is 2. The van der Waals surface area contributed by atoms with E-state index in [0.29, 0.717) is 50.7 Å². The van der Waals surface area contributed by atoms with Crippen molar-refractivity contribution in [2.24, 2.45) is 5.92 Å². The molecule has 0 bridgehead atoms. The minimum atomic E-state index is -0.392. The average Bonchev–Trinajstić information content (AvgIpc) is 2.65. The van der Waals surface area contributed by atoms with Crippen molar-refractivity contribution in [2.75, 3.05) is 13.1 Å². The Balaban J connectivity index is 0.00000256. The molecule has 6 nitrogen and oxygen atoms in total. The molecular formula is C23H23N2NiO4-. The van der Waals surface area contributed by atoms with Gasteiger partial charge in [0.1, 0.15) is 0 Å². The number of carbonyl (C=O) groups is 4. The predicted octanol–water partition coefficient (Wildman–Crippen LogP) is 3.53. The zero-order valence-corrected chi connectivity index (χ0v) is 18.6. The molecule has 0 N–H and O–H groups in total. The van der Waals surface area contributed by atoms with Crippen molar-refractivity contribution in [3.8, 4) is 0 Å². The average molecular weight is 450 g/mol. The second-order valence-corrected chi connectivity index (χ2v) is 8.23. The van der Waals surface area contributed by atoms with Crippen molar-refractivity contribution in [2.45, 2.75) is 34.6 Å². The molecule has 0 unspecified atom stereocenters. The maximum Gasteiger partial charge on any atom is 0.261 e. The number of carbonyl (C=O) groups excluding carboxylic acids is 4. The Hall–Kier alpha value is -2.53. The second-order valence-electron chi connectivity index (χ2n) is 8.23. The Bertz CT molecular complexity index is 1140. The Morgan fingerprint density at radius 2 is 1.23 bits per heavy atom. The van der Waals surface area contributed by atoms with Crippen LogP contribution in [-0.2, 0) is 16.5 Å². The Morgan fingerprint density at radius 1 is 0.800 bits per heavy atom. The summed E-state index contributed by atoms with van der Waals surface area (Å²) in [5.41, 5.74) is 2.85. The maximum atomic E-state index is 13.2. The fourth-order valence-corrected chi connectivity index (χ4v) is 4.42. The van der Waals surface area contributed by atoms with Crippen LogP contribution in [-0.4, -0.2) is 46.5 Å². The van der Waals surface area contributed by atoms with Gasteiger partial charge in [0.15, 0.2) is 0 Å². The van der Waals surface area contributed by atoms with Crippen LogP contribution in [0.5, 0.6) is 0 Å². The molecule has 2 aromatic rings. The van der Waals surface area contributed by atoms with E-state index < -0.39 is 5.91 Å². The first kappa shape index (κ1) is 22.2. The van der Waals surface area contributed by atoms with Gasteiger partial charge in [-0.3, -0.25) is 24.1 Å². The minimum Gasteiger partial charge on any atom is -0.312 e. The van der Waals surface area contributed by atoms with Crippen LogP contribution in [0.2, 0.25) is 0 Å². The molecule has 2 aromatic carbocycles. The van der Waals surface area contributed by atoms with E-state index in [2.05, 4.69) is 0 Å². The van der Waals surface area contributed by atoms with Crippen LogP contribution < -0.4 is 0 Å². The summed E-state index contributed by atoms with van der Waals surface area (Å²) >= 11 is 0. The smallest absolute Gasteiger partial charge is 0.261 e. The van der Waals surface area contributed by atoms with Crippen LogP contribution in [0.15, 0.2) is 12.1 Å². The Labute approximate surface area is 185 Å². The number of hydrogen-bond donors (Lipinski definition) is 0. The first-order valence-corrected chi connectivity index (χ1v) is 9.80. The molecule has 0 saturated heterocycles. The quantitative estimate of drug-likeness (QED) is 0.406. The Kier molecular flexibility index (Phi) is 5.63. The van der Waals surface area contributed by atoms with Gasteiger partial charge in [0, 0.05) is 44.9 Å². The molecular weight excluding hydrogens is 427 g/mol. The number of imide groups is 2. The van der Waals surface area contributed by atoms with Gasteiger partial charge in [0.25, 0.3) is 23.6 Å². The summed E-state index contributed by atoms with van der Waals surface area (Å²) in [5.74, 6) is -1.38. The van der Waals surface area contributed by atoms with Crippen LogP contribution in [0.25, 0.3) is 10.8 Å². The monoisotopic (exact) mass is 449 g/mol. The van der Waals surface area contributed by atoms with Crippen molar-refractivity contribution >= 4 is 34.4 Å². The van der Waals surface area contributed by atoms with Crippen LogP contribution >= 0.6 is 0 Å². The number of rotatable bonds is 4. The fourth-order valence-electron chi connectivity index (χ4n) is 4.42. The summed E-state index contributed by atoms with van der Waals surface area (Å²) in [6.07, 6.45) is 1.75. The molecule has 0 aliphatic carbocycles. The van der Waals surface area contributed by atoms with Crippen LogP contribution in [0, 0.1) is 26.2 Å². The third-order valence-electron chi connectivity index (χ3n) is 5.58. The maximum absolute atomic E-state index is 13.2. The minimum absolute atomic E-state index is 0. The van der Waals surface area contributed by atoms with Gasteiger partial charge in [-0.1, -0.05) is 20.4 Å². The molecule has 160 valence electrons. The van der Waals surface area contributed by atoms with Crippen molar-refractivity contribution < 1.29 is 35.7 Å².